The van der Waals surface area contributed by atoms with Gasteiger partial charge >= 0.3 is 0 Å². The topological polar surface area (TPSA) is 3.24 Å². The molecule has 1 heterocycles. The van der Waals surface area contributed by atoms with Gasteiger partial charge in [-0.15, -0.1) is 9.39 Å². The zero-order valence-corrected chi connectivity index (χ0v) is 15.9. The zero-order chi connectivity index (χ0) is 17.5. The number of allylic oxidation sites excluding steroid dienone is 1. The third-order valence-electron chi connectivity index (χ3n) is 4.98. The molecule has 24 heavy (non-hydrogen) atoms. The molecule has 0 radical (unpaired) electrons. The molecule has 1 nitrogen and oxygen atoms in total. The maximum absolute atomic E-state index is 4.61. The number of rotatable bonds is 3. The lowest BCUT2D eigenvalue weighted by Gasteiger charge is -2.37. The van der Waals surface area contributed by atoms with Crippen molar-refractivity contribution < 1.29 is 0 Å². The predicted octanol–water partition coefficient (Wildman–Crippen LogP) is 5.34. The van der Waals surface area contributed by atoms with Crippen molar-refractivity contribution in [2.24, 2.45) is 0 Å². The molecule has 0 N–H and O–H groups in total. The van der Waals surface area contributed by atoms with Crippen molar-refractivity contribution in [2.75, 3.05) is 6.54 Å². The Kier molecular flexibility index (Phi) is 4.46. The lowest BCUT2D eigenvalue weighted by atomic mass is 9.93. The second kappa shape index (κ2) is 6.27. The van der Waals surface area contributed by atoms with Crippen LogP contribution in [0.5, 0.6) is 0 Å². The summed E-state index contributed by atoms with van der Waals surface area (Å²) in [5.41, 5.74) is 7.88. The van der Waals surface area contributed by atoms with Crippen LogP contribution in [-0.4, -0.2) is 22.6 Å². The molecular weight excluding hydrogens is 310 g/mol. The minimum absolute atomic E-state index is 0.911. The summed E-state index contributed by atoms with van der Waals surface area (Å²) in [7, 11) is -1.50. The molecule has 0 saturated heterocycles. The van der Waals surface area contributed by atoms with E-state index >= 15 is 0 Å². The predicted molar refractivity (Wildman–Crippen MR) is 111 cm³/mol. The van der Waals surface area contributed by atoms with Crippen LogP contribution in [0.1, 0.15) is 34.7 Å². The molecule has 0 fully saturated rings. The molecule has 0 saturated carbocycles. The van der Waals surface area contributed by atoms with Crippen LogP contribution in [0.25, 0.3) is 5.57 Å². The molecule has 0 aliphatic carbocycles. The first-order chi connectivity index (χ1) is 11.3. The number of hydrogen-bond acceptors (Lipinski definition) is 1. The highest BCUT2D eigenvalue weighted by Crippen LogP contribution is 2.43. The Morgan fingerprint density at radius 1 is 1.04 bits per heavy atom. The fourth-order valence-electron chi connectivity index (χ4n) is 3.78. The van der Waals surface area contributed by atoms with E-state index < -0.39 is 9.39 Å². The molecule has 0 bridgehead atoms. The van der Waals surface area contributed by atoms with Gasteiger partial charge < -0.3 is 0 Å². The maximum atomic E-state index is 4.61. The lowest BCUT2D eigenvalue weighted by molar-refractivity contribution is 0.441. The Bertz CT molecular complexity index is 883. The van der Waals surface area contributed by atoms with Crippen LogP contribution in [-0.2, 0) is 13.0 Å². The molecular formula is C22H27NS. The van der Waals surface area contributed by atoms with Crippen molar-refractivity contribution in [3.63, 3.8) is 0 Å². The fourth-order valence-corrected chi connectivity index (χ4v) is 6.19. The third kappa shape index (κ3) is 2.85. The SMILES string of the molecule is C=C(C)c1cccc2c1CN(S(=C)(=C)c1c(C)cccc1C)CC2. The van der Waals surface area contributed by atoms with Crippen LogP contribution in [0.4, 0.5) is 0 Å². The highest BCUT2D eigenvalue weighted by molar-refractivity contribution is 8.25. The molecule has 2 aromatic carbocycles. The van der Waals surface area contributed by atoms with Gasteiger partial charge in [-0.2, -0.15) is 0 Å². The minimum atomic E-state index is -1.50. The number of fused-ring (bicyclic) bond motifs is 1. The van der Waals surface area contributed by atoms with E-state index in [1.807, 2.05) is 0 Å². The molecule has 0 spiro atoms. The van der Waals surface area contributed by atoms with Crippen LogP contribution >= 0.6 is 9.39 Å². The smallest absolute Gasteiger partial charge is 0.0343 e. The van der Waals surface area contributed by atoms with Crippen molar-refractivity contribution in [3.05, 3.63) is 70.8 Å². The largest absolute Gasteiger partial charge is 0.253 e. The molecule has 2 heteroatoms. The van der Waals surface area contributed by atoms with Crippen molar-refractivity contribution in [1.29, 1.82) is 0 Å². The highest BCUT2D eigenvalue weighted by Gasteiger charge is 2.24. The molecule has 1 aliphatic heterocycles. The highest BCUT2D eigenvalue weighted by atomic mass is 32.2. The summed E-state index contributed by atoms with van der Waals surface area (Å²) >= 11 is 0. The number of nitrogens with zero attached hydrogens (tertiary/aromatic N) is 1. The summed E-state index contributed by atoms with van der Waals surface area (Å²) in [6.07, 6.45) is 1.06. The summed E-state index contributed by atoms with van der Waals surface area (Å²) in [5.74, 6) is 9.22. The van der Waals surface area contributed by atoms with Crippen LogP contribution in [0.15, 0.2) is 47.9 Å². The number of aryl methyl sites for hydroxylation is 2. The standard InChI is InChI=1S/C22H27NS/c1-16(2)20-12-8-11-19-13-14-23(15-21(19)20)24(5,6)22-17(3)9-7-10-18(22)4/h7-12H,1,5-6,13-15H2,2-4H3. The van der Waals surface area contributed by atoms with Gasteiger partial charge in [0.05, 0.1) is 0 Å². The first-order valence-electron chi connectivity index (χ1n) is 8.40. The quantitative estimate of drug-likeness (QED) is 0.684. The van der Waals surface area contributed by atoms with Crippen molar-refractivity contribution in [2.45, 2.75) is 38.6 Å². The van der Waals surface area contributed by atoms with Crippen LogP contribution in [0.2, 0.25) is 0 Å². The van der Waals surface area contributed by atoms with Crippen molar-refractivity contribution in [1.82, 2.24) is 4.31 Å². The van der Waals surface area contributed by atoms with Crippen LogP contribution < -0.4 is 0 Å². The van der Waals surface area contributed by atoms with E-state index in [9.17, 15) is 0 Å². The molecule has 0 atom stereocenters. The summed E-state index contributed by atoms with van der Waals surface area (Å²) in [4.78, 5) is 1.33. The molecule has 0 aromatic heterocycles. The average molecular weight is 338 g/mol. The lowest BCUT2D eigenvalue weighted by Crippen LogP contribution is -2.29. The zero-order valence-electron chi connectivity index (χ0n) is 15.1. The van der Waals surface area contributed by atoms with E-state index in [2.05, 4.69) is 79.8 Å². The average Bonchev–Trinajstić information content (AvgIpc) is 2.53. The summed E-state index contributed by atoms with van der Waals surface area (Å²) in [6, 6.07) is 13.1. The van der Waals surface area contributed by atoms with Crippen LogP contribution in [0, 0.1) is 13.8 Å². The van der Waals surface area contributed by atoms with E-state index in [0.717, 1.165) is 25.1 Å². The maximum Gasteiger partial charge on any atom is 0.0343 e. The Hall–Kier alpha value is -1.77. The van der Waals surface area contributed by atoms with Gasteiger partial charge in [0.25, 0.3) is 0 Å². The normalized spacial score (nSPS) is 15.1. The van der Waals surface area contributed by atoms with Gasteiger partial charge in [-0.25, -0.2) is 0 Å². The fraction of sp³-hybridized carbons (Fsp3) is 0.273. The molecule has 3 rings (SSSR count). The van der Waals surface area contributed by atoms with Gasteiger partial charge in [-0.3, -0.25) is 4.31 Å². The van der Waals surface area contributed by atoms with Gasteiger partial charge in [-0.05, 0) is 55.0 Å². The Morgan fingerprint density at radius 3 is 2.29 bits per heavy atom. The van der Waals surface area contributed by atoms with Gasteiger partial charge in [0.1, 0.15) is 0 Å². The summed E-state index contributed by atoms with van der Waals surface area (Å²) in [6.45, 7) is 12.5. The Balaban J connectivity index is 2.06. The van der Waals surface area contributed by atoms with E-state index in [-0.39, 0.29) is 0 Å². The molecule has 1 aliphatic rings. The van der Waals surface area contributed by atoms with E-state index in [4.69, 9.17) is 0 Å². The van der Waals surface area contributed by atoms with Gasteiger partial charge in [0.15, 0.2) is 0 Å². The van der Waals surface area contributed by atoms with Crippen molar-refractivity contribution in [3.8, 4) is 0 Å². The summed E-state index contributed by atoms with van der Waals surface area (Å²) in [5, 5.41) is 0. The Morgan fingerprint density at radius 2 is 1.67 bits per heavy atom. The Labute approximate surface area is 147 Å². The van der Waals surface area contributed by atoms with Crippen LogP contribution in [0.3, 0.4) is 0 Å². The van der Waals surface area contributed by atoms with Crippen molar-refractivity contribution >= 4 is 26.7 Å². The second-order valence-corrected chi connectivity index (χ2v) is 9.51. The minimum Gasteiger partial charge on any atom is -0.253 e. The van der Waals surface area contributed by atoms with E-state index in [0.29, 0.717) is 0 Å². The molecule has 2 aromatic rings. The number of hydrogen-bond donors (Lipinski definition) is 0. The van der Waals surface area contributed by atoms with Gasteiger partial charge in [0, 0.05) is 18.0 Å². The van der Waals surface area contributed by atoms with Gasteiger partial charge in [0.2, 0.25) is 0 Å². The molecule has 0 unspecified atom stereocenters. The van der Waals surface area contributed by atoms with Gasteiger partial charge in [-0.1, -0.05) is 60.3 Å². The first-order valence-corrected chi connectivity index (χ1v) is 10.3. The third-order valence-corrected chi connectivity index (χ3v) is 7.68. The van der Waals surface area contributed by atoms with E-state index in [1.54, 1.807) is 0 Å². The molecule has 126 valence electrons. The number of benzene rings is 2. The molecule has 0 amide bonds. The second-order valence-electron chi connectivity index (χ2n) is 6.90. The summed E-state index contributed by atoms with van der Waals surface area (Å²) < 4.78 is 2.50. The first kappa shape index (κ1) is 17.1. The monoisotopic (exact) mass is 337 g/mol. The van der Waals surface area contributed by atoms with E-state index in [1.165, 1.54) is 32.7 Å².